The number of aromatic nitrogens is 4. The molecule has 2 rings (SSSR count). The fourth-order valence-corrected chi connectivity index (χ4v) is 1.80. The molecule has 0 unspecified atom stereocenters. The van der Waals surface area contributed by atoms with E-state index in [4.69, 9.17) is 0 Å². The number of aryl methyl sites for hydroxylation is 1. The first-order valence-corrected chi connectivity index (χ1v) is 7.00. The van der Waals surface area contributed by atoms with Crippen LogP contribution in [-0.4, -0.2) is 38.7 Å². The molecular weight excluding hydrogens is 268 g/mol. The minimum atomic E-state index is -0.214. The number of carbonyl (C=O) groups excluding carboxylic acids is 1. The lowest BCUT2D eigenvalue weighted by Crippen LogP contribution is -2.26. The van der Waals surface area contributed by atoms with Gasteiger partial charge in [0, 0.05) is 26.3 Å². The van der Waals surface area contributed by atoms with E-state index in [-0.39, 0.29) is 5.91 Å². The largest absolute Gasteiger partial charge is 0.369 e. The summed E-state index contributed by atoms with van der Waals surface area (Å²) in [5.74, 6) is 0.470. The zero-order valence-corrected chi connectivity index (χ0v) is 12.3. The van der Waals surface area contributed by atoms with Gasteiger partial charge in [0.2, 0.25) is 0 Å². The summed E-state index contributed by atoms with van der Waals surface area (Å²) in [5.41, 5.74) is 1.41. The molecule has 0 saturated heterocycles. The lowest BCUT2D eigenvalue weighted by atomic mass is 10.2. The fraction of sp³-hybridized carbons (Fsp3) is 0.429. The van der Waals surface area contributed by atoms with Crippen molar-refractivity contribution in [2.24, 2.45) is 7.05 Å². The van der Waals surface area contributed by atoms with Gasteiger partial charge < -0.3 is 10.6 Å². The maximum Gasteiger partial charge on any atom is 0.271 e. The molecule has 21 heavy (non-hydrogen) atoms. The third-order valence-corrected chi connectivity index (χ3v) is 2.90. The predicted octanol–water partition coefficient (Wildman–Crippen LogP) is 1.00. The summed E-state index contributed by atoms with van der Waals surface area (Å²) >= 11 is 0. The Kier molecular flexibility index (Phi) is 5.25. The zero-order valence-electron chi connectivity index (χ0n) is 12.3. The highest BCUT2D eigenvalue weighted by Crippen LogP contribution is 2.01. The number of anilines is 1. The second-order valence-electron chi connectivity index (χ2n) is 4.74. The van der Waals surface area contributed by atoms with Crippen LogP contribution in [0.3, 0.4) is 0 Å². The molecule has 0 radical (unpaired) electrons. The molecule has 0 aliphatic rings. The molecule has 1 amide bonds. The number of nitrogens with one attached hydrogen (secondary N) is 2. The maximum absolute atomic E-state index is 11.9. The zero-order chi connectivity index (χ0) is 15.1. The molecule has 7 heteroatoms. The summed E-state index contributed by atoms with van der Waals surface area (Å²) in [7, 11) is 1.87. The second-order valence-corrected chi connectivity index (χ2v) is 4.74. The Bertz CT molecular complexity index is 577. The predicted molar refractivity (Wildman–Crippen MR) is 80.1 cm³/mol. The summed E-state index contributed by atoms with van der Waals surface area (Å²) in [4.78, 5) is 20.2. The van der Waals surface area contributed by atoms with E-state index in [9.17, 15) is 4.79 Å². The van der Waals surface area contributed by atoms with Gasteiger partial charge >= 0.3 is 0 Å². The molecule has 0 saturated carbocycles. The summed E-state index contributed by atoms with van der Waals surface area (Å²) in [6.07, 6.45) is 8.53. The van der Waals surface area contributed by atoms with Crippen LogP contribution in [0.15, 0.2) is 24.8 Å². The molecule has 2 heterocycles. The van der Waals surface area contributed by atoms with Crippen molar-refractivity contribution < 1.29 is 4.79 Å². The second kappa shape index (κ2) is 7.37. The Balaban J connectivity index is 1.79. The standard InChI is InChI=1S/C14H20N6O/c1-3-5-15-13-9-17-12(8-18-13)14(21)16-6-4-11-7-19-20(2)10-11/h7-10H,3-6H2,1-2H3,(H,15,18)(H,16,21). The van der Waals surface area contributed by atoms with Crippen LogP contribution in [0.5, 0.6) is 0 Å². The SMILES string of the molecule is CCCNc1cnc(C(=O)NCCc2cnn(C)c2)cn1. The number of carbonyl (C=O) groups is 1. The third kappa shape index (κ3) is 4.55. The smallest absolute Gasteiger partial charge is 0.271 e. The van der Waals surface area contributed by atoms with Gasteiger partial charge in [-0.15, -0.1) is 0 Å². The maximum atomic E-state index is 11.9. The molecule has 2 N–H and O–H groups in total. The highest BCUT2D eigenvalue weighted by molar-refractivity contribution is 5.91. The van der Waals surface area contributed by atoms with Gasteiger partial charge in [-0.25, -0.2) is 9.97 Å². The van der Waals surface area contributed by atoms with E-state index in [1.54, 1.807) is 17.1 Å². The Morgan fingerprint density at radius 1 is 1.24 bits per heavy atom. The molecule has 0 aliphatic heterocycles. The molecular formula is C14H20N6O. The van der Waals surface area contributed by atoms with E-state index in [1.807, 2.05) is 13.2 Å². The van der Waals surface area contributed by atoms with Crippen LogP contribution in [0, 0.1) is 0 Å². The lowest BCUT2D eigenvalue weighted by Gasteiger charge is -2.05. The van der Waals surface area contributed by atoms with Gasteiger partial charge in [0.05, 0.1) is 18.6 Å². The molecule has 112 valence electrons. The van der Waals surface area contributed by atoms with Crippen molar-refractivity contribution >= 4 is 11.7 Å². The van der Waals surface area contributed by atoms with Gasteiger partial charge in [-0.2, -0.15) is 5.10 Å². The Morgan fingerprint density at radius 2 is 2.10 bits per heavy atom. The van der Waals surface area contributed by atoms with Crippen LogP contribution in [0.4, 0.5) is 5.82 Å². The average Bonchev–Trinajstić information content (AvgIpc) is 2.91. The minimum absolute atomic E-state index is 0.214. The molecule has 7 nitrogen and oxygen atoms in total. The topological polar surface area (TPSA) is 84.7 Å². The van der Waals surface area contributed by atoms with E-state index >= 15 is 0 Å². The quantitative estimate of drug-likeness (QED) is 0.794. The molecule has 0 fully saturated rings. The number of hydrogen-bond acceptors (Lipinski definition) is 5. The molecule has 0 bridgehead atoms. The molecule has 0 aromatic carbocycles. The van der Waals surface area contributed by atoms with Gasteiger partial charge in [-0.1, -0.05) is 6.92 Å². The number of hydrogen-bond donors (Lipinski definition) is 2. The van der Waals surface area contributed by atoms with Gasteiger partial charge in [0.15, 0.2) is 0 Å². The van der Waals surface area contributed by atoms with Crippen LogP contribution < -0.4 is 10.6 Å². The summed E-state index contributed by atoms with van der Waals surface area (Å²) in [6, 6.07) is 0. The van der Waals surface area contributed by atoms with Gasteiger partial charge in [-0.3, -0.25) is 9.48 Å². The number of rotatable bonds is 7. The Morgan fingerprint density at radius 3 is 2.71 bits per heavy atom. The highest BCUT2D eigenvalue weighted by Gasteiger charge is 2.07. The van der Waals surface area contributed by atoms with E-state index in [0.29, 0.717) is 18.1 Å². The molecule has 2 aromatic rings. The van der Waals surface area contributed by atoms with Gasteiger partial charge in [0.25, 0.3) is 5.91 Å². The van der Waals surface area contributed by atoms with Crippen molar-refractivity contribution in [2.75, 3.05) is 18.4 Å². The molecule has 0 aliphatic carbocycles. The molecule has 2 aromatic heterocycles. The first-order chi connectivity index (χ1) is 10.2. The Hall–Kier alpha value is -2.44. The molecule has 0 spiro atoms. The first kappa shape index (κ1) is 15.0. The van der Waals surface area contributed by atoms with Gasteiger partial charge in [-0.05, 0) is 18.4 Å². The van der Waals surface area contributed by atoms with Gasteiger partial charge in [0.1, 0.15) is 11.5 Å². The number of amides is 1. The van der Waals surface area contributed by atoms with Crippen LogP contribution >= 0.6 is 0 Å². The minimum Gasteiger partial charge on any atom is -0.369 e. The van der Waals surface area contributed by atoms with Crippen molar-refractivity contribution in [2.45, 2.75) is 19.8 Å². The summed E-state index contributed by atoms with van der Waals surface area (Å²) in [6.45, 7) is 3.46. The van der Waals surface area contributed by atoms with Crippen LogP contribution in [0.25, 0.3) is 0 Å². The van der Waals surface area contributed by atoms with Crippen LogP contribution in [0.1, 0.15) is 29.4 Å². The van der Waals surface area contributed by atoms with Crippen molar-refractivity contribution in [1.29, 1.82) is 0 Å². The van der Waals surface area contributed by atoms with E-state index in [2.05, 4.69) is 32.6 Å². The van der Waals surface area contributed by atoms with E-state index in [1.165, 1.54) is 6.20 Å². The summed E-state index contributed by atoms with van der Waals surface area (Å²) < 4.78 is 1.74. The van der Waals surface area contributed by atoms with Crippen LogP contribution in [-0.2, 0) is 13.5 Å². The van der Waals surface area contributed by atoms with E-state index < -0.39 is 0 Å². The number of nitrogens with zero attached hydrogens (tertiary/aromatic N) is 4. The monoisotopic (exact) mass is 288 g/mol. The molecule has 0 atom stereocenters. The lowest BCUT2D eigenvalue weighted by molar-refractivity contribution is 0.0949. The highest BCUT2D eigenvalue weighted by atomic mass is 16.1. The summed E-state index contributed by atoms with van der Waals surface area (Å²) in [5, 5.41) is 10.0. The Labute approximate surface area is 123 Å². The van der Waals surface area contributed by atoms with E-state index in [0.717, 1.165) is 24.9 Å². The normalized spacial score (nSPS) is 10.4. The van der Waals surface area contributed by atoms with Crippen molar-refractivity contribution in [3.63, 3.8) is 0 Å². The average molecular weight is 288 g/mol. The van der Waals surface area contributed by atoms with Crippen molar-refractivity contribution in [1.82, 2.24) is 25.1 Å². The van der Waals surface area contributed by atoms with Crippen LogP contribution in [0.2, 0.25) is 0 Å². The van der Waals surface area contributed by atoms with Crippen molar-refractivity contribution in [3.8, 4) is 0 Å². The third-order valence-electron chi connectivity index (χ3n) is 2.90. The van der Waals surface area contributed by atoms with Crippen molar-refractivity contribution in [3.05, 3.63) is 36.0 Å². The first-order valence-electron chi connectivity index (χ1n) is 7.00. The fourth-order valence-electron chi connectivity index (χ4n) is 1.80.